The van der Waals surface area contributed by atoms with Crippen molar-refractivity contribution >= 4 is 28.4 Å². The highest BCUT2D eigenvalue weighted by molar-refractivity contribution is 14.1. The van der Waals surface area contributed by atoms with Gasteiger partial charge in [0.2, 0.25) is 0 Å². The molecule has 4 heteroatoms. The van der Waals surface area contributed by atoms with Crippen molar-refractivity contribution in [1.29, 1.82) is 0 Å². The Bertz CT molecular complexity index is 409. The number of aromatic nitrogens is 2. The van der Waals surface area contributed by atoms with Crippen molar-refractivity contribution < 1.29 is 0 Å². The van der Waals surface area contributed by atoms with Gasteiger partial charge in [-0.15, -0.1) is 0 Å². The Morgan fingerprint density at radius 3 is 2.31 bits per heavy atom. The van der Waals surface area contributed by atoms with Gasteiger partial charge in [0, 0.05) is 11.8 Å². The smallest absolute Gasteiger partial charge is 0.140 e. The summed E-state index contributed by atoms with van der Waals surface area (Å²) >= 11 is 2.31. The third kappa shape index (κ3) is 1.92. The molecule has 86 valence electrons. The summed E-state index contributed by atoms with van der Waals surface area (Å²) in [6.45, 7) is 0. The SMILES string of the molecule is Nc1nc(C2CC2)nc(C2CCCC2)c1I. The molecule has 2 N–H and O–H groups in total. The van der Waals surface area contributed by atoms with Crippen LogP contribution in [0.3, 0.4) is 0 Å². The maximum absolute atomic E-state index is 6.00. The zero-order valence-electron chi connectivity index (χ0n) is 9.25. The number of hydrogen-bond donors (Lipinski definition) is 1. The topological polar surface area (TPSA) is 51.8 Å². The Balaban J connectivity index is 2.00. The van der Waals surface area contributed by atoms with Gasteiger partial charge in [0.05, 0.1) is 9.26 Å². The van der Waals surface area contributed by atoms with Gasteiger partial charge in [0.25, 0.3) is 0 Å². The summed E-state index contributed by atoms with van der Waals surface area (Å²) in [6, 6.07) is 0. The van der Waals surface area contributed by atoms with Crippen LogP contribution in [0.5, 0.6) is 0 Å². The van der Waals surface area contributed by atoms with Crippen LogP contribution in [0.4, 0.5) is 5.82 Å². The molecule has 2 saturated carbocycles. The first kappa shape index (κ1) is 10.7. The molecule has 2 fully saturated rings. The molecule has 0 radical (unpaired) electrons. The minimum absolute atomic E-state index is 0.597. The van der Waals surface area contributed by atoms with E-state index in [1.807, 2.05) is 0 Å². The summed E-state index contributed by atoms with van der Waals surface area (Å²) in [4.78, 5) is 9.20. The summed E-state index contributed by atoms with van der Waals surface area (Å²) in [5.74, 6) is 2.92. The van der Waals surface area contributed by atoms with Gasteiger partial charge in [0.1, 0.15) is 11.6 Å². The van der Waals surface area contributed by atoms with E-state index in [0.29, 0.717) is 17.7 Å². The summed E-state index contributed by atoms with van der Waals surface area (Å²) < 4.78 is 1.09. The number of halogens is 1. The first-order chi connectivity index (χ1) is 7.75. The highest BCUT2D eigenvalue weighted by atomic mass is 127. The molecule has 0 aliphatic heterocycles. The van der Waals surface area contributed by atoms with Crippen LogP contribution in [0, 0.1) is 3.57 Å². The second-order valence-corrected chi connectivity index (χ2v) is 6.00. The summed E-state index contributed by atoms with van der Waals surface area (Å²) in [5, 5.41) is 0. The quantitative estimate of drug-likeness (QED) is 0.848. The zero-order valence-corrected chi connectivity index (χ0v) is 11.4. The number of nitrogens with two attached hydrogens (primary N) is 1. The zero-order chi connectivity index (χ0) is 11.1. The molecule has 0 spiro atoms. The fourth-order valence-electron chi connectivity index (χ4n) is 2.50. The van der Waals surface area contributed by atoms with Gasteiger partial charge in [0.15, 0.2) is 0 Å². The Labute approximate surface area is 109 Å². The molecule has 0 saturated heterocycles. The Morgan fingerprint density at radius 1 is 1.00 bits per heavy atom. The molecule has 16 heavy (non-hydrogen) atoms. The van der Waals surface area contributed by atoms with Crippen LogP contribution in [0.1, 0.15) is 61.9 Å². The maximum atomic E-state index is 6.00. The molecule has 3 rings (SSSR count). The van der Waals surface area contributed by atoms with E-state index in [4.69, 9.17) is 10.7 Å². The molecular formula is C12H16IN3. The van der Waals surface area contributed by atoms with Crippen molar-refractivity contribution in [3.8, 4) is 0 Å². The second kappa shape index (κ2) is 4.13. The van der Waals surface area contributed by atoms with E-state index in [1.165, 1.54) is 44.2 Å². The summed E-state index contributed by atoms with van der Waals surface area (Å²) in [6.07, 6.45) is 7.70. The lowest BCUT2D eigenvalue weighted by atomic mass is 10.0. The van der Waals surface area contributed by atoms with Gasteiger partial charge >= 0.3 is 0 Å². The number of anilines is 1. The van der Waals surface area contributed by atoms with Crippen LogP contribution >= 0.6 is 22.6 Å². The predicted molar refractivity (Wildman–Crippen MR) is 72.3 cm³/mol. The maximum Gasteiger partial charge on any atom is 0.140 e. The Kier molecular flexibility index (Phi) is 2.77. The summed E-state index contributed by atoms with van der Waals surface area (Å²) in [7, 11) is 0. The molecule has 1 heterocycles. The van der Waals surface area contributed by atoms with Crippen molar-refractivity contribution in [2.24, 2.45) is 0 Å². The standard InChI is InChI=1S/C12H16IN3/c13-9-10(7-3-1-2-4-7)15-12(8-5-6-8)16-11(9)14/h7-8H,1-6H2,(H2,14,15,16). The van der Waals surface area contributed by atoms with E-state index in [1.54, 1.807) is 0 Å². The molecule has 0 aromatic carbocycles. The van der Waals surface area contributed by atoms with Crippen LogP contribution < -0.4 is 5.73 Å². The van der Waals surface area contributed by atoms with Gasteiger partial charge in [-0.3, -0.25) is 0 Å². The van der Waals surface area contributed by atoms with Crippen molar-refractivity contribution in [3.05, 3.63) is 15.1 Å². The highest BCUT2D eigenvalue weighted by Gasteiger charge is 2.30. The van der Waals surface area contributed by atoms with Gasteiger partial charge in [-0.05, 0) is 48.3 Å². The molecular weight excluding hydrogens is 313 g/mol. The average molecular weight is 329 g/mol. The third-order valence-electron chi connectivity index (χ3n) is 3.60. The van der Waals surface area contributed by atoms with Gasteiger partial charge in [-0.2, -0.15) is 0 Å². The van der Waals surface area contributed by atoms with E-state index in [2.05, 4.69) is 27.6 Å². The minimum Gasteiger partial charge on any atom is -0.383 e. The molecule has 2 aliphatic rings. The van der Waals surface area contributed by atoms with Crippen molar-refractivity contribution in [2.45, 2.75) is 50.4 Å². The van der Waals surface area contributed by atoms with Crippen LogP contribution in [-0.2, 0) is 0 Å². The molecule has 0 atom stereocenters. The van der Waals surface area contributed by atoms with Crippen molar-refractivity contribution in [1.82, 2.24) is 9.97 Å². The van der Waals surface area contributed by atoms with E-state index in [-0.39, 0.29) is 0 Å². The Hall–Kier alpha value is -0.390. The van der Waals surface area contributed by atoms with Crippen LogP contribution in [0.25, 0.3) is 0 Å². The fraction of sp³-hybridized carbons (Fsp3) is 0.667. The number of nitrogen functional groups attached to an aromatic ring is 1. The normalized spacial score (nSPS) is 21.6. The van der Waals surface area contributed by atoms with Gasteiger partial charge in [-0.1, -0.05) is 12.8 Å². The molecule has 2 aliphatic carbocycles. The minimum atomic E-state index is 0.597. The monoisotopic (exact) mass is 329 g/mol. The van der Waals surface area contributed by atoms with Crippen molar-refractivity contribution in [3.63, 3.8) is 0 Å². The van der Waals surface area contributed by atoms with E-state index in [9.17, 15) is 0 Å². The Morgan fingerprint density at radius 2 is 1.69 bits per heavy atom. The van der Waals surface area contributed by atoms with E-state index < -0.39 is 0 Å². The van der Waals surface area contributed by atoms with Crippen molar-refractivity contribution in [2.75, 3.05) is 5.73 Å². The fourth-order valence-corrected chi connectivity index (χ4v) is 3.18. The molecule has 1 aromatic heterocycles. The largest absolute Gasteiger partial charge is 0.383 e. The lowest BCUT2D eigenvalue weighted by Gasteiger charge is -2.13. The number of nitrogens with zero attached hydrogens (tertiary/aromatic N) is 2. The number of rotatable bonds is 2. The third-order valence-corrected chi connectivity index (χ3v) is 4.71. The highest BCUT2D eigenvalue weighted by Crippen LogP contribution is 2.41. The van der Waals surface area contributed by atoms with Gasteiger partial charge < -0.3 is 5.73 Å². The molecule has 3 nitrogen and oxygen atoms in total. The first-order valence-electron chi connectivity index (χ1n) is 6.08. The van der Waals surface area contributed by atoms with Crippen LogP contribution in [0.2, 0.25) is 0 Å². The van der Waals surface area contributed by atoms with E-state index >= 15 is 0 Å². The molecule has 1 aromatic rings. The lowest BCUT2D eigenvalue weighted by Crippen LogP contribution is -2.09. The molecule has 0 amide bonds. The average Bonchev–Trinajstić information content (AvgIpc) is 2.98. The van der Waals surface area contributed by atoms with E-state index in [0.717, 1.165) is 9.39 Å². The molecule has 0 bridgehead atoms. The summed E-state index contributed by atoms with van der Waals surface area (Å²) in [5.41, 5.74) is 7.23. The van der Waals surface area contributed by atoms with Gasteiger partial charge in [-0.25, -0.2) is 9.97 Å². The van der Waals surface area contributed by atoms with Crippen LogP contribution in [0.15, 0.2) is 0 Å². The number of hydrogen-bond acceptors (Lipinski definition) is 3. The van der Waals surface area contributed by atoms with Crippen LogP contribution in [-0.4, -0.2) is 9.97 Å². The molecule has 0 unspecified atom stereocenters. The predicted octanol–water partition coefficient (Wildman–Crippen LogP) is 3.20. The lowest BCUT2D eigenvalue weighted by molar-refractivity contribution is 0.679. The second-order valence-electron chi connectivity index (χ2n) is 4.92. The first-order valence-corrected chi connectivity index (χ1v) is 7.16.